The molecule has 0 radical (unpaired) electrons. The van der Waals surface area contributed by atoms with Crippen LogP contribution in [-0.4, -0.2) is 52.0 Å². The highest BCUT2D eigenvalue weighted by Gasteiger charge is 2.44. The molecular weight excluding hydrogens is 252 g/mol. The van der Waals surface area contributed by atoms with Gasteiger partial charge in [0.05, 0.1) is 11.7 Å². The molecule has 0 saturated carbocycles. The van der Waals surface area contributed by atoms with E-state index in [2.05, 4.69) is 0 Å². The molecule has 104 valence electrons. The number of carbonyl (C=O) groups is 1. The Hall–Kier alpha value is -1.47. The van der Waals surface area contributed by atoms with Gasteiger partial charge in [-0.3, -0.25) is 0 Å². The fraction of sp³-hybridized carbons (Fsp3) is 0.462. The normalized spacial score (nSPS) is 34.8. The van der Waals surface area contributed by atoms with E-state index >= 15 is 0 Å². The lowest BCUT2D eigenvalue weighted by Gasteiger charge is -2.38. The van der Waals surface area contributed by atoms with Gasteiger partial charge in [0.2, 0.25) is 0 Å². The molecule has 1 aliphatic rings. The molecule has 1 fully saturated rings. The Balaban J connectivity index is 2.08. The minimum absolute atomic E-state index is 0.336. The largest absolute Gasteiger partial charge is 0.453 e. The number of hydrogen-bond donors (Lipinski definition) is 3. The van der Waals surface area contributed by atoms with E-state index in [4.69, 9.17) is 9.47 Å². The molecule has 0 aromatic heterocycles. The van der Waals surface area contributed by atoms with E-state index in [1.807, 2.05) is 0 Å². The Bertz CT molecular complexity index is 434. The molecule has 0 aliphatic carbocycles. The molecule has 0 bridgehead atoms. The van der Waals surface area contributed by atoms with Gasteiger partial charge in [0.15, 0.2) is 12.4 Å². The average Bonchev–Trinajstić information content (AvgIpc) is 2.42. The third kappa shape index (κ3) is 2.93. The molecule has 1 aromatic carbocycles. The van der Waals surface area contributed by atoms with Crippen LogP contribution in [0.5, 0.6) is 0 Å². The molecule has 1 aliphatic heterocycles. The van der Waals surface area contributed by atoms with Gasteiger partial charge in [0, 0.05) is 0 Å². The number of ether oxygens (including phenoxy) is 2. The zero-order valence-corrected chi connectivity index (χ0v) is 10.3. The molecule has 1 aromatic rings. The van der Waals surface area contributed by atoms with Crippen molar-refractivity contribution in [3.8, 4) is 0 Å². The zero-order chi connectivity index (χ0) is 14.0. The molecule has 3 N–H and O–H groups in total. The molecule has 19 heavy (non-hydrogen) atoms. The highest BCUT2D eigenvalue weighted by Crippen LogP contribution is 2.23. The second-order valence-corrected chi connectivity index (χ2v) is 4.45. The van der Waals surface area contributed by atoms with E-state index in [0.29, 0.717) is 5.56 Å². The summed E-state index contributed by atoms with van der Waals surface area (Å²) in [5.74, 6) is -0.622. The Morgan fingerprint density at radius 3 is 2.42 bits per heavy atom. The molecule has 0 amide bonds. The monoisotopic (exact) mass is 268 g/mol. The Morgan fingerprint density at radius 1 is 1.16 bits per heavy atom. The second kappa shape index (κ2) is 5.66. The fourth-order valence-corrected chi connectivity index (χ4v) is 1.95. The van der Waals surface area contributed by atoms with E-state index in [9.17, 15) is 20.1 Å². The Kier molecular flexibility index (Phi) is 4.16. The van der Waals surface area contributed by atoms with Gasteiger partial charge in [-0.15, -0.1) is 0 Å². The van der Waals surface area contributed by atoms with Crippen molar-refractivity contribution in [2.45, 2.75) is 37.6 Å². The summed E-state index contributed by atoms with van der Waals surface area (Å²) in [6, 6.07) is 8.29. The molecule has 1 heterocycles. The minimum Gasteiger partial charge on any atom is -0.453 e. The van der Waals surface area contributed by atoms with E-state index in [0.717, 1.165) is 0 Å². The van der Waals surface area contributed by atoms with Crippen molar-refractivity contribution < 1.29 is 29.6 Å². The van der Waals surface area contributed by atoms with Gasteiger partial charge >= 0.3 is 5.97 Å². The predicted molar refractivity (Wildman–Crippen MR) is 64.2 cm³/mol. The summed E-state index contributed by atoms with van der Waals surface area (Å²) >= 11 is 0. The molecule has 1 saturated heterocycles. The van der Waals surface area contributed by atoms with E-state index < -0.39 is 36.7 Å². The summed E-state index contributed by atoms with van der Waals surface area (Å²) in [6.45, 7) is 1.54. The lowest BCUT2D eigenvalue weighted by atomic mass is 10.00. The van der Waals surface area contributed by atoms with Crippen LogP contribution in [0.4, 0.5) is 0 Å². The second-order valence-electron chi connectivity index (χ2n) is 4.45. The number of hydrogen-bond acceptors (Lipinski definition) is 6. The molecule has 0 spiro atoms. The molecular formula is C13H16O6. The third-order valence-electron chi connectivity index (χ3n) is 3.05. The average molecular weight is 268 g/mol. The van der Waals surface area contributed by atoms with Gasteiger partial charge in [-0.05, 0) is 19.1 Å². The van der Waals surface area contributed by atoms with Gasteiger partial charge in [0.25, 0.3) is 0 Å². The van der Waals surface area contributed by atoms with Crippen molar-refractivity contribution >= 4 is 5.97 Å². The first kappa shape index (κ1) is 14.0. The molecule has 1 unspecified atom stereocenters. The molecule has 6 nitrogen and oxygen atoms in total. The van der Waals surface area contributed by atoms with Crippen molar-refractivity contribution in [1.82, 2.24) is 0 Å². The van der Waals surface area contributed by atoms with Crippen molar-refractivity contribution in [3.05, 3.63) is 35.9 Å². The van der Waals surface area contributed by atoms with E-state index in [-0.39, 0.29) is 0 Å². The Labute approximate surface area is 110 Å². The number of esters is 1. The number of rotatable bonds is 2. The standard InChI is InChI=1S/C13H16O6/c1-7-11(9(14)10(15)13(17)18-7)19-12(16)8-5-3-2-4-6-8/h2-7,9-11,13-15,17H,1H3/t7-,9-,10+,11-,13?/m0/s1. The van der Waals surface area contributed by atoms with Crippen LogP contribution in [0.2, 0.25) is 0 Å². The first-order valence-electron chi connectivity index (χ1n) is 5.96. The van der Waals surface area contributed by atoms with Gasteiger partial charge < -0.3 is 24.8 Å². The number of aliphatic hydroxyl groups is 3. The highest BCUT2D eigenvalue weighted by atomic mass is 16.7. The molecule has 6 heteroatoms. The van der Waals surface area contributed by atoms with Gasteiger partial charge in [-0.2, -0.15) is 0 Å². The van der Waals surface area contributed by atoms with Gasteiger partial charge in [-0.25, -0.2) is 4.79 Å². The van der Waals surface area contributed by atoms with Crippen LogP contribution in [0.25, 0.3) is 0 Å². The summed E-state index contributed by atoms with van der Waals surface area (Å²) in [5.41, 5.74) is 0.336. The van der Waals surface area contributed by atoms with Gasteiger partial charge in [0.1, 0.15) is 12.2 Å². The summed E-state index contributed by atoms with van der Waals surface area (Å²) in [4.78, 5) is 11.9. The molecule has 5 atom stereocenters. The maximum atomic E-state index is 11.9. The smallest absolute Gasteiger partial charge is 0.338 e. The summed E-state index contributed by atoms with van der Waals surface area (Å²) in [7, 11) is 0. The highest BCUT2D eigenvalue weighted by molar-refractivity contribution is 5.89. The lowest BCUT2D eigenvalue weighted by molar-refractivity contribution is -0.277. The Morgan fingerprint density at radius 2 is 1.79 bits per heavy atom. The topological polar surface area (TPSA) is 96.2 Å². The number of benzene rings is 1. The maximum Gasteiger partial charge on any atom is 0.338 e. The van der Waals surface area contributed by atoms with Crippen LogP contribution in [0.1, 0.15) is 17.3 Å². The van der Waals surface area contributed by atoms with Crippen LogP contribution in [0.15, 0.2) is 30.3 Å². The lowest BCUT2D eigenvalue weighted by Crippen LogP contribution is -2.57. The quantitative estimate of drug-likeness (QED) is 0.636. The van der Waals surface area contributed by atoms with E-state index in [1.54, 1.807) is 37.3 Å². The van der Waals surface area contributed by atoms with Crippen molar-refractivity contribution in [2.24, 2.45) is 0 Å². The fourth-order valence-electron chi connectivity index (χ4n) is 1.95. The third-order valence-corrected chi connectivity index (χ3v) is 3.05. The minimum atomic E-state index is -1.51. The van der Waals surface area contributed by atoms with Crippen molar-refractivity contribution in [2.75, 3.05) is 0 Å². The van der Waals surface area contributed by atoms with Gasteiger partial charge in [-0.1, -0.05) is 18.2 Å². The predicted octanol–water partition coefficient (Wildman–Crippen LogP) is -0.329. The molecule has 2 rings (SSSR count). The van der Waals surface area contributed by atoms with Crippen LogP contribution in [-0.2, 0) is 9.47 Å². The first-order chi connectivity index (χ1) is 9.00. The number of aliphatic hydroxyl groups excluding tert-OH is 3. The van der Waals surface area contributed by atoms with Crippen LogP contribution >= 0.6 is 0 Å². The summed E-state index contributed by atoms with van der Waals surface area (Å²) in [5, 5.41) is 28.6. The maximum absolute atomic E-state index is 11.9. The summed E-state index contributed by atoms with van der Waals surface area (Å²) < 4.78 is 10.1. The van der Waals surface area contributed by atoms with Crippen LogP contribution in [0.3, 0.4) is 0 Å². The SMILES string of the molecule is C[C@@H]1OC(O)[C@H](O)[C@H](O)[C@H]1OC(=O)c1ccccc1. The zero-order valence-electron chi connectivity index (χ0n) is 10.3. The van der Waals surface area contributed by atoms with Crippen molar-refractivity contribution in [3.63, 3.8) is 0 Å². The summed E-state index contributed by atoms with van der Waals surface area (Å²) in [6.07, 6.45) is -6.15. The number of carbonyl (C=O) groups excluding carboxylic acids is 1. The van der Waals surface area contributed by atoms with Crippen LogP contribution < -0.4 is 0 Å². The van der Waals surface area contributed by atoms with Crippen LogP contribution in [0, 0.1) is 0 Å². The van der Waals surface area contributed by atoms with Crippen molar-refractivity contribution in [1.29, 1.82) is 0 Å². The van der Waals surface area contributed by atoms with E-state index in [1.165, 1.54) is 0 Å². The first-order valence-corrected chi connectivity index (χ1v) is 5.96.